The number of likely N-dealkylation sites (tertiary alicyclic amines) is 1. The molecule has 0 N–H and O–H groups in total. The fourth-order valence-corrected chi connectivity index (χ4v) is 3.46. The molecule has 0 aromatic carbocycles. The van der Waals surface area contributed by atoms with E-state index < -0.39 is 0 Å². The summed E-state index contributed by atoms with van der Waals surface area (Å²) in [5.41, 5.74) is -0.00754. The summed E-state index contributed by atoms with van der Waals surface area (Å²) < 4.78 is 6.17. The van der Waals surface area contributed by atoms with E-state index in [1.165, 1.54) is 6.42 Å². The van der Waals surface area contributed by atoms with Crippen molar-refractivity contribution in [3.8, 4) is 0 Å². The van der Waals surface area contributed by atoms with Gasteiger partial charge in [-0.15, -0.1) is 0 Å². The van der Waals surface area contributed by atoms with Gasteiger partial charge in [0.2, 0.25) is 5.91 Å². The van der Waals surface area contributed by atoms with Crippen LogP contribution in [0.25, 0.3) is 0 Å². The molecule has 0 radical (unpaired) electrons. The summed E-state index contributed by atoms with van der Waals surface area (Å²) in [6.45, 7) is 14.5. The maximum atomic E-state index is 12.0. The van der Waals surface area contributed by atoms with Gasteiger partial charge in [0.1, 0.15) is 5.60 Å². The molecule has 0 aromatic rings. The summed E-state index contributed by atoms with van der Waals surface area (Å²) in [7, 11) is 0. The van der Waals surface area contributed by atoms with Crippen LogP contribution in [0.5, 0.6) is 0 Å². The van der Waals surface area contributed by atoms with Crippen molar-refractivity contribution in [1.29, 1.82) is 0 Å². The largest absolute Gasteiger partial charge is 0.371 e. The Morgan fingerprint density at radius 1 is 1.33 bits per heavy atom. The van der Waals surface area contributed by atoms with Crippen molar-refractivity contribution in [3.63, 3.8) is 0 Å². The predicted molar refractivity (Wildman–Crippen MR) is 85.2 cm³/mol. The van der Waals surface area contributed by atoms with Gasteiger partial charge in [0.25, 0.3) is 0 Å². The van der Waals surface area contributed by atoms with Crippen molar-refractivity contribution in [2.75, 3.05) is 39.3 Å². The molecule has 2 saturated heterocycles. The highest BCUT2D eigenvalue weighted by atomic mass is 16.5. The molecule has 4 nitrogen and oxygen atoms in total. The molecule has 2 rings (SSSR count). The lowest BCUT2D eigenvalue weighted by molar-refractivity contribution is -0.190. The van der Waals surface area contributed by atoms with Crippen molar-refractivity contribution in [2.24, 2.45) is 11.8 Å². The van der Waals surface area contributed by atoms with Gasteiger partial charge < -0.3 is 14.5 Å². The second kappa shape index (κ2) is 7.10. The lowest BCUT2D eigenvalue weighted by atomic mass is 9.82. The van der Waals surface area contributed by atoms with E-state index in [9.17, 15) is 4.79 Å². The summed E-state index contributed by atoms with van der Waals surface area (Å²) in [5.74, 6) is 1.40. The molecule has 0 aromatic heterocycles. The van der Waals surface area contributed by atoms with E-state index >= 15 is 0 Å². The predicted octanol–water partition coefficient (Wildman–Crippen LogP) is 2.38. The smallest absolute Gasteiger partial charge is 0.223 e. The van der Waals surface area contributed by atoms with Gasteiger partial charge in [-0.25, -0.2) is 0 Å². The number of hydrogen-bond donors (Lipinski definition) is 0. The molecule has 21 heavy (non-hydrogen) atoms. The van der Waals surface area contributed by atoms with Crippen LogP contribution in [0.2, 0.25) is 0 Å². The van der Waals surface area contributed by atoms with Crippen molar-refractivity contribution in [3.05, 3.63) is 0 Å². The van der Waals surface area contributed by atoms with Gasteiger partial charge in [-0.05, 0) is 37.8 Å². The number of rotatable bonds is 6. The van der Waals surface area contributed by atoms with Gasteiger partial charge in [-0.3, -0.25) is 4.79 Å². The molecular weight excluding hydrogens is 264 g/mol. The zero-order valence-electron chi connectivity index (χ0n) is 14.2. The van der Waals surface area contributed by atoms with Crippen LogP contribution in [-0.4, -0.2) is 60.6 Å². The monoisotopic (exact) mass is 296 g/mol. The first-order chi connectivity index (χ1) is 9.98. The molecule has 122 valence electrons. The number of nitrogens with zero attached hydrogens (tertiary/aromatic N) is 2. The van der Waals surface area contributed by atoms with Crippen LogP contribution in [0.1, 0.15) is 47.0 Å². The fourth-order valence-electron chi connectivity index (χ4n) is 3.46. The minimum Gasteiger partial charge on any atom is -0.371 e. The van der Waals surface area contributed by atoms with E-state index in [-0.39, 0.29) is 5.60 Å². The van der Waals surface area contributed by atoms with Gasteiger partial charge in [-0.2, -0.15) is 0 Å². The van der Waals surface area contributed by atoms with E-state index in [2.05, 4.69) is 32.6 Å². The minimum atomic E-state index is -0.00754. The van der Waals surface area contributed by atoms with Crippen molar-refractivity contribution in [2.45, 2.75) is 52.6 Å². The van der Waals surface area contributed by atoms with Crippen molar-refractivity contribution >= 4 is 5.91 Å². The highest BCUT2D eigenvalue weighted by molar-refractivity contribution is 5.77. The number of carbonyl (C=O) groups is 1. The van der Waals surface area contributed by atoms with E-state index in [4.69, 9.17) is 4.74 Å². The molecule has 0 saturated carbocycles. The molecule has 1 unspecified atom stereocenters. The molecule has 0 aliphatic carbocycles. The summed E-state index contributed by atoms with van der Waals surface area (Å²) in [6.07, 6.45) is 3.02. The average Bonchev–Trinajstić information content (AvgIpc) is 2.42. The third kappa shape index (κ3) is 4.19. The zero-order valence-corrected chi connectivity index (χ0v) is 14.2. The van der Waals surface area contributed by atoms with Crippen LogP contribution in [-0.2, 0) is 9.53 Å². The molecule has 1 amide bonds. The van der Waals surface area contributed by atoms with E-state index in [1.54, 1.807) is 0 Å². The van der Waals surface area contributed by atoms with E-state index in [1.807, 2.05) is 4.90 Å². The lowest BCUT2D eigenvalue weighted by Crippen LogP contribution is -2.66. The summed E-state index contributed by atoms with van der Waals surface area (Å²) in [5, 5.41) is 0. The third-order valence-corrected chi connectivity index (χ3v) is 4.94. The second-order valence-electron chi connectivity index (χ2n) is 7.23. The van der Waals surface area contributed by atoms with Gasteiger partial charge in [-0.1, -0.05) is 27.7 Å². The highest BCUT2D eigenvalue weighted by Crippen LogP contribution is 2.36. The van der Waals surface area contributed by atoms with Crippen LogP contribution in [0.15, 0.2) is 0 Å². The normalized spacial score (nSPS) is 24.7. The molecule has 2 heterocycles. The average molecular weight is 296 g/mol. The quantitative estimate of drug-likeness (QED) is 0.754. The molecule has 2 fully saturated rings. The van der Waals surface area contributed by atoms with Gasteiger partial charge in [0.05, 0.1) is 19.7 Å². The SMILES string of the molecule is CCN(CC)CC1CCC2(CN(C(=O)CC(C)C)C2)OC1. The Labute approximate surface area is 129 Å². The first-order valence-corrected chi connectivity index (χ1v) is 8.62. The van der Waals surface area contributed by atoms with Crippen molar-refractivity contribution < 1.29 is 9.53 Å². The Balaban J connectivity index is 1.72. The summed E-state index contributed by atoms with van der Waals surface area (Å²) in [4.78, 5) is 16.5. The fraction of sp³-hybridized carbons (Fsp3) is 0.941. The minimum absolute atomic E-state index is 0.00754. The molecule has 2 aliphatic rings. The Hall–Kier alpha value is -0.610. The molecular formula is C17H32N2O2. The first-order valence-electron chi connectivity index (χ1n) is 8.62. The number of amides is 1. The molecule has 1 spiro atoms. The summed E-state index contributed by atoms with van der Waals surface area (Å²) in [6, 6.07) is 0. The Morgan fingerprint density at radius 3 is 2.48 bits per heavy atom. The van der Waals surface area contributed by atoms with Crippen molar-refractivity contribution in [1.82, 2.24) is 9.80 Å². The molecule has 4 heteroatoms. The Kier molecular flexibility index (Phi) is 5.67. The number of hydrogen-bond acceptors (Lipinski definition) is 3. The van der Waals surface area contributed by atoms with Crippen LogP contribution < -0.4 is 0 Å². The topological polar surface area (TPSA) is 32.8 Å². The standard InChI is InChI=1S/C17H32N2O2/c1-5-18(6-2)10-15-7-8-17(21-11-15)12-19(13-17)16(20)9-14(3)4/h14-15H,5-13H2,1-4H3. The van der Waals surface area contributed by atoms with E-state index in [0.717, 1.165) is 45.8 Å². The van der Waals surface area contributed by atoms with Gasteiger partial charge >= 0.3 is 0 Å². The van der Waals surface area contributed by atoms with Gasteiger partial charge in [0, 0.05) is 13.0 Å². The Bertz CT molecular complexity index is 337. The maximum absolute atomic E-state index is 12.0. The van der Waals surface area contributed by atoms with Crippen LogP contribution in [0.3, 0.4) is 0 Å². The molecule has 1 atom stereocenters. The lowest BCUT2D eigenvalue weighted by Gasteiger charge is -2.53. The van der Waals surface area contributed by atoms with Crippen LogP contribution in [0, 0.1) is 11.8 Å². The maximum Gasteiger partial charge on any atom is 0.223 e. The second-order valence-corrected chi connectivity index (χ2v) is 7.23. The van der Waals surface area contributed by atoms with Gasteiger partial charge in [0.15, 0.2) is 0 Å². The van der Waals surface area contributed by atoms with Crippen LogP contribution >= 0.6 is 0 Å². The highest BCUT2D eigenvalue weighted by Gasteiger charge is 2.48. The molecule has 0 bridgehead atoms. The number of ether oxygens (including phenoxy) is 1. The summed E-state index contributed by atoms with van der Waals surface area (Å²) >= 11 is 0. The van der Waals surface area contributed by atoms with Crippen LogP contribution in [0.4, 0.5) is 0 Å². The third-order valence-electron chi connectivity index (χ3n) is 4.94. The zero-order chi connectivity index (χ0) is 15.5. The first kappa shape index (κ1) is 16.8. The number of carbonyl (C=O) groups excluding carboxylic acids is 1. The van der Waals surface area contributed by atoms with E-state index in [0.29, 0.717) is 24.2 Å². The Morgan fingerprint density at radius 2 is 2.00 bits per heavy atom. The molecule has 2 aliphatic heterocycles.